The van der Waals surface area contributed by atoms with Crippen molar-refractivity contribution in [3.05, 3.63) is 23.8 Å². The van der Waals surface area contributed by atoms with Gasteiger partial charge in [0.1, 0.15) is 11.5 Å². The van der Waals surface area contributed by atoms with E-state index in [0.29, 0.717) is 25.9 Å². The quantitative estimate of drug-likeness (QED) is 0.893. The molecule has 2 unspecified atom stereocenters. The van der Waals surface area contributed by atoms with Crippen LogP contribution in [0.25, 0.3) is 0 Å². The van der Waals surface area contributed by atoms with Crippen molar-refractivity contribution in [3.63, 3.8) is 0 Å². The summed E-state index contributed by atoms with van der Waals surface area (Å²) < 4.78 is 10.7. The van der Waals surface area contributed by atoms with Crippen LogP contribution in [-0.2, 0) is 9.59 Å². The maximum absolute atomic E-state index is 12.7. The van der Waals surface area contributed by atoms with Crippen LogP contribution in [0.2, 0.25) is 0 Å². The SMILES string of the molecule is COc1ccc(OC)c(C2CC2C(=O)N2CCC(C(=O)O)CC2)c1. The van der Waals surface area contributed by atoms with Crippen LogP contribution in [0.4, 0.5) is 0 Å². The number of hydrogen-bond donors (Lipinski definition) is 1. The molecule has 1 saturated heterocycles. The van der Waals surface area contributed by atoms with Crippen LogP contribution in [0, 0.1) is 11.8 Å². The van der Waals surface area contributed by atoms with E-state index in [9.17, 15) is 9.59 Å². The number of rotatable bonds is 5. The molecule has 0 radical (unpaired) electrons. The first-order valence-electron chi connectivity index (χ1n) is 8.28. The van der Waals surface area contributed by atoms with Gasteiger partial charge in [-0.25, -0.2) is 0 Å². The third kappa shape index (κ3) is 3.18. The van der Waals surface area contributed by atoms with Gasteiger partial charge in [0.2, 0.25) is 5.91 Å². The molecular formula is C18H23NO5. The fraction of sp³-hybridized carbons (Fsp3) is 0.556. The lowest BCUT2D eigenvalue weighted by atomic mass is 9.96. The van der Waals surface area contributed by atoms with Crippen LogP contribution in [0.15, 0.2) is 18.2 Å². The average molecular weight is 333 g/mol. The van der Waals surface area contributed by atoms with Crippen LogP contribution < -0.4 is 9.47 Å². The van der Waals surface area contributed by atoms with Gasteiger partial charge in [-0.3, -0.25) is 9.59 Å². The molecule has 1 N–H and O–H groups in total. The number of carbonyl (C=O) groups is 2. The summed E-state index contributed by atoms with van der Waals surface area (Å²) in [7, 11) is 3.24. The molecule has 1 aromatic carbocycles. The number of carboxylic acid groups (broad SMARTS) is 1. The number of piperidine rings is 1. The highest BCUT2D eigenvalue weighted by molar-refractivity contribution is 5.83. The zero-order valence-electron chi connectivity index (χ0n) is 14.0. The normalized spacial score (nSPS) is 23.7. The topological polar surface area (TPSA) is 76.1 Å². The number of benzene rings is 1. The molecule has 1 aliphatic heterocycles. The molecule has 24 heavy (non-hydrogen) atoms. The molecule has 1 heterocycles. The van der Waals surface area contributed by atoms with Gasteiger partial charge >= 0.3 is 5.97 Å². The number of carboxylic acids is 1. The zero-order valence-corrected chi connectivity index (χ0v) is 14.0. The predicted molar refractivity (Wildman–Crippen MR) is 87.3 cm³/mol. The first-order valence-corrected chi connectivity index (χ1v) is 8.28. The third-order valence-corrected chi connectivity index (χ3v) is 5.10. The summed E-state index contributed by atoms with van der Waals surface area (Å²) in [6.07, 6.45) is 1.89. The standard InChI is InChI=1S/C18H23NO5/c1-23-12-3-4-16(24-2)14(9-12)13-10-15(13)17(20)19-7-5-11(6-8-19)18(21)22/h3-4,9,11,13,15H,5-8,10H2,1-2H3,(H,21,22). The Hall–Kier alpha value is -2.24. The first kappa shape index (κ1) is 16.6. The van der Waals surface area contributed by atoms with Crippen LogP contribution in [0.5, 0.6) is 11.5 Å². The van der Waals surface area contributed by atoms with Crippen LogP contribution in [-0.4, -0.2) is 49.2 Å². The highest BCUT2D eigenvalue weighted by Crippen LogP contribution is 2.52. The van der Waals surface area contributed by atoms with E-state index in [1.807, 2.05) is 23.1 Å². The molecule has 6 heteroatoms. The average Bonchev–Trinajstić information content (AvgIpc) is 3.41. The fourth-order valence-corrected chi connectivity index (χ4v) is 3.52. The predicted octanol–water partition coefficient (Wildman–Crippen LogP) is 2.13. The van der Waals surface area contributed by atoms with Gasteiger partial charge in [-0.2, -0.15) is 0 Å². The molecule has 130 valence electrons. The minimum atomic E-state index is -0.757. The van der Waals surface area contributed by atoms with Gasteiger partial charge in [-0.1, -0.05) is 0 Å². The van der Waals surface area contributed by atoms with E-state index in [0.717, 1.165) is 23.5 Å². The largest absolute Gasteiger partial charge is 0.497 e. The van der Waals surface area contributed by atoms with Crippen molar-refractivity contribution in [2.45, 2.75) is 25.2 Å². The Balaban J connectivity index is 1.65. The summed E-state index contributed by atoms with van der Waals surface area (Å²) in [6, 6.07) is 5.65. The summed E-state index contributed by atoms with van der Waals surface area (Å²) in [5, 5.41) is 9.05. The number of amides is 1. The molecule has 0 bridgehead atoms. The van der Waals surface area contributed by atoms with Crippen molar-refractivity contribution in [2.75, 3.05) is 27.3 Å². The second kappa shape index (κ2) is 6.71. The van der Waals surface area contributed by atoms with Crippen LogP contribution in [0.3, 0.4) is 0 Å². The number of methoxy groups -OCH3 is 2. The first-order chi connectivity index (χ1) is 11.5. The van der Waals surface area contributed by atoms with Crippen molar-refractivity contribution < 1.29 is 24.2 Å². The van der Waals surface area contributed by atoms with Gasteiger partial charge in [0, 0.05) is 30.5 Å². The molecule has 1 aliphatic carbocycles. The molecule has 1 aromatic rings. The lowest BCUT2D eigenvalue weighted by Gasteiger charge is -2.30. The molecule has 0 spiro atoms. The smallest absolute Gasteiger partial charge is 0.306 e. The molecule has 6 nitrogen and oxygen atoms in total. The monoisotopic (exact) mass is 333 g/mol. The Bertz CT molecular complexity index is 636. The van der Waals surface area contributed by atoms with E-state index in [4.69, 9.17) is 14.6 Å². The molecule has 3 rings (SSSR count). The molecule has 1 amide bonds. The van der Waals surface area contributed by atoms with E-state index in [1.165, 1.54) is 0 Å². The number of carbonyl (C=O) groups excluding carboxylic acids is 1. The van der Waals surface area contributed by atoms with Crippen molar-refractivity contribution in [2.24, 2.45) is 11.8 Å². The van der Waals surface area contributed by atoms with Gasteiger partial charge < -0.3 is 19.5 Å². The minimum Gasteiger partial charge on any atom is -0.497 e. The Labute approximate surface area is 141 Å². The maximum Gasteiger partial charge on any atom is 0.306 e. The minimum absolute atomic E-state index is 0.0348. The highest BCUT2D eigenvalue weighted by atomic mass is 16.5. The molecule has 0 aromatic heterocycles. The van der Waals surface area contributed by atoms with Gasteiger partial charge in [-0.15, -0.1) is 0 Å². The third-order valence-electron chi connectivity index (χ3n) is 5.10. The van der Waals surface area contributed by atoms with E-state index >= 15 is 0 Å². The lowest BCUT2D eigenvalue weighted by Crippen LogP contribution is -2.41. The number of hydrogen-bond acceptors (Lipinski definition) is 4. The molecule has 1 saturated carbocycles. The van der Waals surface area contributed by atoms with Crippen LogP contribution >= 0.6 is 0 Å². The highest BCUT2D eigenvalue weighted by Gasteiger charge is 2.47. The van der Waals surface area contributed by atoms with E-state index in [-0.39, 0.29) is 23.7 Å². The van der Waals surface area contributed by atoms with Gasteiger partial charge in [0.15, 0.2) is 0 Å². The van der Waals surface area contributed by atoms with Gasteiger partial charge in [0.25, 0.3) is 0 Å². The number of aliphatic carboxylic acids is 1. The lowest BCUT2D eigenvalue weighted by molar-refractivity contribution is -0.146. The van der Waals surface area contributed by atoms with Crippen LogP contribution in [0.1, 0.15) is 30.7 Å². The van der Waals surface area contributed by atoms with E-state index in [2.05, 4.69) is 0 Å². The Morgan fingerprint density at radius 3 is 2.46 bits per heavy atom. The summed E-state index contributed by atoms with van der Waals surface area (Å²) in [6.45, 7) is 1.07. The maximum atomic E-state index is 12.7. The Morgan fingerprint density at radius 2 is 1.88 bits per heavy atom. The van der Waals surface area contributed by atoms with Crippen molar-refractivity contribution in [1.29, 1.82) is 0 Å². The summed E-state index contributed by atoms with van der Waals surface area (Å²) in [4.78, 5) is 25.5. The van der Waals surface area contributed by atoms with Crippen molar-refractivity contribution in [3.8, 4) is 11.5 Å². The van der Waals surface area contributed by atoms with Crippen molar-refractivity contribution >= 4 is 11.9 Å². The summed E-state index contributed by atoms with van der Waals surface area (Å²) in [5.41, 5.74) is 1.01. The zero-order chi connectivity index (χ0) is 17.3. The molecular weight excluding hydrogens is 310 g/mol. The summed E-state index contributed by atoms with van der Waals surface area (Å²) >= 11 is 0. The van der Waals surface area contributed by atoms with E-state index in [1.54, 1.807) is 14.2 Å². The Kier molecular flexibility index (Phi) is 4.64. The molecule has 2 fully saturated rings. The number of ether oxygens (including phenoxy) is 2. The van der Waals surface area contributed by atoms with Crippen molar-refractivity contribution in [1.82, 2.24) is 4.90 Å². The summed E-state index contributed by atoms with van der Waals surface area (Å²) in [5.74, 6) is 0.711. The van der Waals surface area contributed by atoms with E-state index < -0.39 is 5.97 Å². The van der Waals surface area contributed by atoms with Gasteiger partial charge in [-0.05, 0) is 37.5 Å². The van der Waals surface area contributed by atoms with Gasteiger partial charge in [0.05, 0.1) is 20.1 Å². The molecule has 2 aliphatic rings. The number of nitrogens with zero attached hydrogens (tertiary/aromatic N) is 1. The Morgan fingerprint density at radius 1 is 1.17 bits per heavy atom. The fourth-order valence-electron chi connectivity index (χ4n) is 3.52. The number of likely N-dealkylation sites (tertiary alicyclic amines) is 1. The second-order valence-electron chi connectivity index (χ2n) is 6.49. The molecule has 2 atom stereocenters. The second-order valence-corrected chi connectivity index (χ2v) is 6.49.